The largest absolute Gasteiger partial charge is 0.375 e. The highest BCUT2D eigenvalue weighted by Gasteiger charge is 2.24. The van der Waals surface area contributed by atoms with Gasteiger partial charge < -0.3 is 14.8 Å². The minimum atomic E-state index is 0.285. The maximum atomic E-state index is 6.03. The molecule has 0 radical (unpaired) electrons. The second-order valence-corrected chi connectivity index (χ2v) is 5.96. The van der Waals surface area contributed by atoms with E-state index in [-0.39, 0.29) is 18.3 Å². The average Bonchev–Trinajstić information content (AvgIpc) is 2.45. The van der Waals surface area contributed by atoms with Crippen LogP contribution in [0.1, 0.15) is 51.4 Å². The Bertz CT molecular complexity index is 415. The highest BCUT2D eigenvalue weighted by atomic mass is 16.5. The van der Waals surface area contributed by atoms with E-state index in [0.29, 0.717) is 6.61 Å². The van der Waals surface area contributed by atoms with Crippen LogP contribution in [0.5, 0.6) is 0 Å². The van der Waals surface area contributed by atoms with Gasteiger partial charge in [0.2, 0.25) is 0 Å². The Kier molecular flexibility index (Phi) is 6.61. The normalized spacial score (nSPS) is 26.0. The quantitative estimate of drug-likeness (QED) is 0.784. The molecule has 21 heavy (non-hydrogen) atoms. The van der Waals surface area contributed by atoms with E-state index in [2.05, 4.69) is 43.2 Å². The van der Waals surface area contributed by atoms with E-state index in [1.807, 2.05) is 6.07 Å². The molecule has 2 atom stereocenters. The zero-order valence-electron chi connectivity index (χ0n) is 13.5. The number of hydrogen-bond donors (Lipinski definition) is 1. The number of pyridine rings is 1. The van der Waals surface area contributed by atoms with Gasteiger partial charge in [-0.3, -0.25) is 4.98 Å². The number of hydrogen-bond acceptors (Lipinski definition) is 4. The van der Waals surface area contributed by atoms with E-state index >= 15 is 0 Å². The molecule has 0 spiro atoms. The van der Waals surface area contributed by atoms with Crippen molar-refractivity contribution in [3.8, 4) is 0 Å². The molecule has 1 saturated heterocycles. The standard InChI is InChI=1S/C17H28N2O2/c1-4-8-18-11-15-6-5-7-16(19-15)12-20-17-9-13(2)21-14(3)10-17/h5-7,13-14,17-18H,4,8-12H2,1-3H3. The first-order valence-electron chi connectivity index (χ1n) is 8.10. The fraction of sp³-hybridized carbons (Fsp3) is 0.706. The molecule has 1 aromatic heterocycles. The zero-order valence-corrected chi connectivity index (χ0v) is 13.5. The van der Waals surface area contributed by atoms with Crippen molar-refractivity contribution in [3.05, 3.63) is 29.6 Å². The molecule has 2 rings (SSSR count). The second-order valence-electron chi connectivity index (χ2n) is 5.96. The van der Waals surface area contributed by atoms with Crippen molar-refractivity contribution in [2.24, 2.45) is 0 Å². The fourth-order valence-corrected chi connectivity index (χ4v) is 2.78. The molecule has 1 fully saturated rings. The minimum Gasteiger partial charge on any atom is -0.375 e. The van der Waals surface area contributed by atoms with Crippen LogP contribution in [0.25, 0.3) is 0 Å². The number of nitrogens with zero attached hydrogens (tertiary/aromatic N) is 1. The van der Waals surface area contributed by atoms with Crippen LogP contribution in [0.4, 0.5) is 0 Å². The smallest absolute Gasteiger partial charge is 0.0891 e. The van der Waals surface area contributed by atoms with Crippen LogP contribution < -0.4 is 5.32 Å². The van der Waals surface area contributed by atoms with Gasteiger partial charge in [-0.2, -0.15) is 0 Å². The number of ether oxygens (including phenoxy) is 2. The molecule has 1 N–H and O–H groups in total. The van der Waals surface area contributed by atoms with Gasteiger partial charge in [0, 0.05) is 6.54 Å². The summed E-state index contributed by atoms with van der Waals surface area (Å²) in [6.45, 7) is 8.84. The van der Waals surface area contributed by atoms with Crippen molar-refractivity contribution in [3.63, 3.8) is 0 Å². The molecule has 1 aromatic rings. The van der Waals surface area contributed by atoms with E-state index in [0.717, 1.165) is 43.7 Å². The van der Waals surface area contributed by atoms with Crippen molar-refractivity contribution in [2.45, 2.75) is 71.5 Å². The van der Waals surface area contributed by atoms with Crippen molar-refractivity contribution in [1.82, 2.24) is 10.3 Å². The van der Waals surface area contributed by atoms with Gasteiger partial charge in [-0.25, -0.2) is 0 Å². The van der Waals surface area contributed by atoms with Gasteiger partial charge in [-0.1, -0.05) is 13.0 Å². The molecular weight excluding hydrogens is 264 g/mol. The fourth-order valence-electron chi connectivity index (χ4n) is 2.78. The third-order valence-corrected chi connectivity index (χ3v) is 3.72. The average molecular weight is 292 g/mol. The molecule has 0 aromatic carbocycles. The molecule has 4 nitrogen and oxygen atoms in total. The Hall–Kier alpha value is -0.970. The summed E-state index contributed by atoms with van der Waals surface area (Å²) >= 11 is 0. The molecular formula is C17H28N2O2. The molecule has 1 aliphatic heterocycles. The maximum absolute atomic E-state index is 6.03. The first-order valence-corrected chi connectivity index (χ1v) is 8.10. The van der Waals surface area contributed by atoms with Crippen LogP contribution in [0.3, 0.4) is 0 Å². The van der Waals surface area contributed by atoms with Crippen LogP contribution in [0, 0.1) is 0 Å². The maximum Gasteiger partial charge on any atom is 0.0891 e. The predicted molar refractivity (Wildman–Crippen MR) is 84.1 cm³/mol. The van der Waals surface area contributed by atoms with Gasteiger partial charge >= 0.3 is 0 Å². The molecule has 1 aliphatic rings. The SMILES string of the molecule is CCCNCc1cccc(COC2CC(C)OC(C)C2)n1. The summed E-state index contributed by atoms with van der Waals surface area (Å²) in [5.74, 6) is 0. The van der Waals surface area contributed by atoms with E-state index in [9.17, 15) is 0 Å². The van der Waals surface area contributed by atoms with Gasteiger partial charge in [-0.15, -0.1) is 0 Å². The monoisotopic (exact) mass is 292 g/mol. The zero-order chi connectivity index (χ0) is 15.1. The molecule has 2 unspecified atom stereocenters. The lowest BCUT2D eigenvalue weighted by Gasteiger charge is -2.31. The van der Waals surface area contributed by atoms with Crippen molar-refractivity contribution < 1.29 is 9.47 Å². The van der Waals surface area contributed by atoms with Crippen molar-refractivity contribution in [2.75, 3.05) is 6.54 Å². The molecule has 0 bridgehead atoms. The topological polar surface area (TPSA) is 43.4 Å². The first-order chi connectivity index (χ1) is 10.2. The van der Waals surface area contributed by atoms with Crippen molar-refractivity contribution >= 4 is 0 Å². The summed E-state index contributed by atoms with van der Waals surface area (Å²) in [7, 11) is 0. The van der Waals surface area contributed by atoms with Crippen LogP contribution in [0.2, 0.25) is 0 Å². The molecule has 0 amide bonds. The number of rotatable bonds is 7. The Labute approximate surface area is 128 Å². The van der Waals surface area contributed by atoms with Gasteiger partial charge in [0.25, 0.3) is 0 Å². The van der Waals surface area contributed by atoms with E-state index in [4.69, 9.17) is 9.47 Å². The van der Waals surface area contributed by atoms with Gasteiger partial charge in [0.05, 0.1) is 36.3 Å². The second kappa shape index (κ2) is 8.47. The Balaban J connectivity index is 1.81. The van der Waals surface area contributed by atoms with Crippen LogP contribution >= 0.6 is 0 Å². The Morgan fingerprint density at radius 2 is 1.95 bits per heavy atom. The van der Waals surface area contributed by atoms with Gasteiger partial charge in [0.1, 0.15) is 0 Å². The minimum absolute atomic E-state index is 0.285. The van der Waals surface area contributed by atoms with Crippen LogP contribution in [-0.4, -0.2) is 29.8 Å². The number of nitrogens with one attached hydrogen (secondary N) is 1. The van der Waals surface area contributed by atoms with Crippen molar-refractivity contribution in [1.29, 1.82) is 0 Å². The number of aromatic nitrogens is 1. The Morgan fingerprint density at radius 3 is 2.67 bits per heavy atom. The molecule has 0 aliphatic carbocycles. The third kappa shape index (κ3) is 5.73. The lowest BCUT2D eigenvalue weighted by Crippen LogP contribution is -2.34. The van der Waals surface area contributed by atoms with E-state index in [1.54, 1.807) is 0 Å². The molecule has 4 heteroatoms. The van der Waals surface area contributed by atoms with Gasteiger partial charge in [-0.05, 0) is 51.8 Å². The molecule has 118 valence electrons. The molecule has 2 heterocycles. The summed E-state index contributed by atoms with van der Waals surface area (Å²) < 4.78 is 11.8. The summed E-state index contributed by atoms with van der Waals surface area (Å²) in [5.41, 5.74) is 2.09. The first kappa shape index (κ1) is 16.4. The summed E-state index contributed by atoms with van der Waals surface area (Å²) in [6, 6.07) is 6.16. The highest BCUT2D eigenvalue weighted by Crippen LogP contribution is 2.22. The summed E-state index contributed by atoms with van der Waals surface area (Å²) in [5, 5.41) is 3.38. The Morgan fingerprint density at radius 1 is 1.24 bits per heavy atom. The third-order valence-electron chi connectivity index (χ3n) is 3.72. The summed E-state index contributed by atoms with van der Waals surface area (Å²) in [6.07, 6.45) is 3.95. The lowest BCUT2D eigenvalue weighted by molar-refractivity contribution is -0.106. The van der Waals surface area contributed by atoms with E-state index < -0.39 is 0 Å². The van der Waals surface area contributed by atoms with E-state index in [1.165, 1.54) is 0 Å². The van der Waals surface area contributed by atoms with Crippen LogP contribution in [0.15, 0.2) is 18.2 Å². The van der Waals surface area contributed by atoms with Crippen LogP contribution in [-0.2, 0) is 22.6 Å². The predicted octanol–water partition coefficient (Wildman–Crippen LogP) is 3.05. The summed E-state index contributed by atoms with van der Waals surface area (Å²) in [4.78, 5) is 4.65. The van der Waals surface area contributed by atoms with Gasteiger partial charge in [0.15, 0.2) is 0 Å². The highest BCUT2D eigenvalue weighted by molar-refractivity contribution is 5.10. The molecule has 0 saturated carbocycles. The lowest BCUT2D eigenvalue weighted by atomic mass is 10.0.